The number of pyridine rings is 1. The third-order valence-corrected chi connectivity index (χ3v) is 2.78. The van der Waals surface area contributed by atoms with Crippen molar-refractivity contribution >= 4 is 11.6 Å². The predicted molar refractivity (Wildman–Crippen MR) is 67.6 cm³/mol. The van der Waals surface area contributed by atoms with Gasteiger partial charge < -0.3 is 5.73 Å². The molecule has 0 bridgehead atoms. The van der Waals surface area contributed by atoms with Crippen LogP contribution in [0.25, 0.3) is 16.8 Å². The van der Waals surface area contributed by atoms with Gasteiger partial charge in [0.2, 0.25) is 5.95 Å². The highest BCUT2D eigenvalue weighted by Crippen LogP contribution is 2.23. The quantitative estimate of drug-likeness (QED) is 0.690. The molecular weight excluding hydrogens is 212 g/mol. The van der Waals surface area contributed by atoms with Crippen molar-refractivity contribution in [1.82, 2.24) is 14.6 Å². The summed E-state index contributed by atoms with van der Waals surface area (Å²) in [6.45, 7) is 2.06. The van der Waals surface area contributed by atoms with Gasteiger partial charge in [-0.25, -0.2) is 4.52 Å². The average molecular weight is 224 g/mol. The Kier molecular flexibility index (Phi) is 2.08. The number of hydrogen-bond acceptors (Lipinski definition) is 3. The Labute approximate surface area is 98.7 Å². The second-order valence-electron chi connectivity index (χ2n) is 4.01. The minimum Gasteiger partial charge on any atom is -0.366 e. The van der Waals surface area contributed by atoms with Crippen LogP contribution in [-0.4, -0.2) is 14.6 Å². The van der Waals surface area contributed by atoms with E-state index in [1.807, 2.05) is 30.5 Å². The van der Waals surface area contributed by atoms with Crippen molar-refractivity contribution in [3.63, 3.8) is 0 Å². The largest absolute Gasteiger partial charge is 0.366 e. The van der Waals surface area contributed by atoms with E-state index in [2.05, 4.69) is 29.1 Å². The van der Waals surface area contributed by atoms with Crippen molar-refractivity contribution in [2.45, 2.75) is 6.92 Å². The summed E-state index contributed by atoms with van der Waals surface area (Å²) in [4.78, 5) is 4.14. The molecule has 1 aromatic carbocycles. The second kappa shape index (κ2) is 3.59. The fourth-order valence-corrected chi connectivity index (χ4v) is 1.96. The Morgan fingerprint density at radius 3 is 2.71 bits per heavy atom. The summed E-state index contributed by atoms with van der Waals surface area (Å²) >= 11 is 0. The van der Waals surface area contributed by atoms with E-state index < -0.39 is 0 Å². The monoisotopic (exact) mass is 224 g/mol. The zero-order valence-electron chi connectivity index (χ0n) is 9.46. The number of nitrogen functional groups attached to an aromatic ring is 1. The smallest absolute Gasteiger partial charge is 0.240 e. The lowest BCUT2D eigenvalue weighted by atomic mass is 10.0. The molecule has 0 amide bonds. The van der Waals surface area contributed by atoms with Crippen LogP contribution in [0.1, 0.15) is 5.56 Å². The van der Waals surface area contributed by atoms with Crippen LogP contribution in [0.2, 0.25) is 0 Å². The molecule has 2 aromatic heterocycles. The molecule has 3 rings (SSSR count). The fourth-order valence-electron chi connectivity index (χ4n) is 1.96. The molecule has 0 aliphatic rings. The molecule has 4 heteroatoms. The van der Waals surface area contributed by atoms with E-state index in [1.54, 1.807) is 4.52 Å². The van der Waals surface area contributed by atoms with E-state index in [4.69, 9.17) is 5.73 Å². The molecule has 0 fully saturated rings. The van der Waals surface area contributed by atoms with Gasteiger partial charge in [-0.05, 0) is 24.1 Å². The molecule has 0 radical (unpaired) electrons. The van der Waals surface area contributed by atoms with E-state index in [-0.39, 0.29) is 0 Å². The normalized spacial score (nSPS) is 10.9. The number of fused-ring (bicyclic) bond motifs is 1. The highest BCUT2D eigenvalue weighted by atomic mass is 15.3. The van der Waals surface area contributed by atoms with E-state index in [1.165, 1.54) is 5.56 Å². The first-order chi connectivity index (χ1) is 8.24. The van der Waals surface area contributed by atoms with E-state index in [9.17, 15) is 0 Å². The van der Waals surface area contributed by atoms with E-state index in [0.717, 1.165) is 16.8 Å². The van der Waals surface area contributed by atoms with Gasteiger partial charge in [-0.3, -0.25) is 0 Å². The minimum atomic E-state index is 0.301. The van der Waals surface area contributed by atoms with Gasteiger partial charge in [-0.2, -0.15) is 4.98 Å². The van der Waals surface area contributed by atoms with Crippen LogP contribution in [0, 0.1) is 6.92 Å². The Morgan fingerprint density at radius 2 is 1.94 bits per heavy atom. The van der Waals surface area contributed by atoms with Crippen molar-refractivity contribution in [2.24, 2.45) is 0 Å². The zero-order valence-corrected chi connectivity index (χ0v) is 9.46. The van der Waals surface area contributed by atoms with Gasteiger partial charge in [0.15, 0.2) is 5.65 Å². The number of aromatic nitrogens is 3. The summed E-state index contributed by atoms with van der Waals surface area (Å²) in [6, 6.07) is 12.2. The number of rotatable bonds is 1. The topological polar surface area (TPSA) is 56.2 Å². The number of anilines is 1. The summed E-state index contributed by atoms with van der Waals surface area (Å²) in [5, 5.41) is 4.12. The minimum absolute atomic E-state index is 0.301. The van der Waals surface area contributed by atoms with Crippen LogP contribution in [0.5, 0.6) is 0 Å². The third-order valence-electron chi connectivity index (χ3n) is 2.78. The first-order valence-corrected chi connectivity index (χ1v) is 5.42. The summed E-state index contributed by atoms with van der Waals surface area (Å²) in [5.41, 5.74) is 9.84. The highest BCUT2D eigenvalue weighted by molar-refractivity contribution is 5.68. The fraction of sp³-hybridized carbons (Fsp3) is 0.0769. The molecule has 0 saturated carbocycles. The van der Waals surface area contributed by atoms with E-state index in [0.29, 0.717) is 5.95 Å². The van der Waals surface area contributed by atoms with Gasteiger partial charge in [0.05, 0.1) is 0 Å². The molecule has 3 aromatic rings. The third kappa shape index (κ3) is 1.63. The summed E-state index contributed by atoms with van der Waals surface area (Å²) in [6.07, 6.45) is 1.96. The van der Waals surface area contributed by atoms with Crippen LogP contribution >= 0.6 is 0 Å². The number of nitrogens with zero attached hydrogens (tertiary/aromatic N) is 3. The number of nitrogens with two attached hydrogens (primary N) is 1. The Bertz CT molecular complexity index is 670. The molecule has 2 N–H and O–H groups in total. The predicted octanol–water partition coefficient (Wildman–Crippen LogP) is 2.29. The van der Waals surface area contributed by atoms with Crippen molar-refractivity contribution in [1.29, 1.82) is 0 Å². The van der Waals surface area contributed by atoms with Gasteiger partial charge in [-0.15, -0.1) is 5.10 Å². The maximum atomic E-state index is 5.59. The van der Waals surface area contributed by atoms with Crippen LogP contribution in [0.15, 0.2) is 42.6 Å². The number of aryl methyl sites for hydroxylation is 1. The Balaban J connectivity index is 2.26. The van der Waals surface area contributed by atoms with Gasteiger partial charge in [0, 0.05) is 11.8 Å². The van der Waals surface area contributed by atoms with Crippen molar-refractivity contribution < 1.29 is 0 Å². The molecule has 4 nitrogen and oxygen atoms in total. The maximum absolute atomic E-state index is 5.59. The first kappa shape index (κ1) is 9.84. The molecule has 17 heavy (non-hydrogen) atoms. The van der Waals surface area contributed by atoms with Crippen molar-refractivity contribution in [2.75, 3.05) is 5.73 Å². The Hall–Kier alpha value is -2.36. The van der Waals surface area contributed by atoms with Gasteiger partial charge in [0.1, 0.15) is 0 Å². The van der Waals surface area contributed by atoms with Crippen molar-refractivity contribution in [3.8, 4) is 11.1 Å². The highest BCUT2D eigenvalue weighted by Gasteiger charge is 2.06. The molecule has 84 valence electrons. The molecule has 0 aliphatic heterocycles. The molecule has 0 aliphatic carbocycles. The summed E-state index contributed by atoms with van der Waals surface area (Å²) in [7, 11) is 0. The SMILES string of the molecule is Cc1cc2nc(N)nn2cc1-c1ccccc1. The van der Waals surface area contributed by atoms with Crippen molar-refractivity contribution in [3.05, 3.63) is 48.2 Å². The first-order valence-electron chi connectivity index (χ1n) is 5.42. The van der Waals surface area contributed by atoms with E-state index >= 15 is 0 Å². The molecule has 2 heterocycles. The lowest BCUT2D eigenvalue weighted by Gasteiger charge is -2.05. The maximum Gasteiger partial charge on any atom is 0.240 e. The zero-order chi connectivity index (χ0) is 11.8. The standard InChI is InChI=1S/C13H12N4/c1-9-7-12-15-13(14)16-17(12)8-11(9)10-5-3-2-4-6-10/h2-8H,1H3,(H2,14,16). The molecule has 0 spiro atoms. The van der Waals surface area contributed by atoms with Crippen LogP contribution in [0.3, 0.4) is 0 Å². The van der Waals surface area contributed by atoms with Gasteiger partial charge >= 0.3 is 0 Å². The van der Waals surface area contributed by atoms with Gasteiger partial charge in [-0.1, -0.05) is 30.3 Å². The van der Waals surface area contributed by atoms with Crippen LogP contribution < -0.4 is 5.73 Å². The Morgan fingerprint density at radius 1 is 1.18 bits per heavy atom. The molecule has 0 atom stereocenters. The number of hydrogen-bond donors (Lipinski definition) is 1. The molecular formula is C13H12N4. The summed E-state index contributed by atoms with van der Waals surface area (Å²) < 4.78 is 1.71. The molecule has 0 unspecified atom stereocenters. The number of benzene rings is 1. The van der Waals surface area contributed by atoms with Crippen LogP contribution in [-0.2, 0) is 0 Å². The average Bonchev–Trinajstić information content (AvgIpc) is 2.68. The second-order valence-corrected chi connectivity index (χ2v) is 4.01. The summed E-state index contributed by atoms with van der Waals surface area (Å²) in [5.74, 6) is 0.301. The lowest BCUT2D eigenvalue weighted by Crippen LogP contribution is -1.92. The molecule has 0 saturated heterocycles. The van der Waals surface area contributed by atoms with Gasteiger partial charge in [0.25, 0.3) is 0 Å². The lowest BCUT2D eigenvalue weighted by molar-refractivity contribution is 0.966. The van der Waals surface area contributed by atoms with Crippen LogP contribution in [0.4, 0.5) is 5.95 Å².